The third-order valence-corrected chi connectivity index (χ3v) is 3.54. The van der Waals surface area contributed by atoms with E-state index in [2.05, 4.69) is 15.0 Å². The molecule has 0 aromatic carbocycles. The number of carbonyl (C=O) groups excluding carboxylic acids is 1. The maximum Gasteiger partial charge on any atom is 0.340 e. The molecule has 3 heterocycles. The van der Waals surface area contributed by atoms with Crippen molar-refractivity contribution < 1.29 is 9.53 Å². The molecule has 0 amide bonds. The van der Waals surface area contributed by atoms with E-state index in [1.165, 1.54) is 7.11 Å². The van der Waals surface area contributed by atoms with Crippen molar-refractivity contribution in [1.29, 1.82) is 0 Å². The zero-order chi connectivity index (χ0) is 15.1. The molecule has 21 heavy (non-hydrogen) atoms. The van der Waals surface area contributed by atoms with Gasteiger partial charge in [0.1, 0.15) is 5.65 Å². The molecule has 0 spiro atoms. The van der Waals surface area contributed by atoms with Crippen molar-refractivity contribution in [2.24, 2.45) is 0 Å². The van der Waals surface area contributed by atoms with E-state index in [1.54, 1.807) is 26.1 Å². The summed E-state index contributed by atoms with van der Waals surface area (Å²) in [4.78, 5) is 35.5. The van der Waals surface area contributed by atoms with Gasteiger partial charge in [-0.05, 0) is 31.5 Å². The average molecular weight is 283 g/mol. The van der Waals surface area contributed by atoms with Crippen molar-refractivity contribution in [3.8, 4) is 0 Å². The summed E-state index contributed by atoms with van der Waals surface area (Å²) in [5.41, 5.74) is 2.14. The van der Waals surface area contributed by atoms with Crippen molar-refractivity contribution in [1.82, 2.24) is 15.0 Å². The first-order chi connectivity index (χ1) is 10.0. The highest BCUT2D eigenvalue weighted by atomic mass is 16.5. The SMILES string of the molecule is COC(=O)c1c(C)nc2c(c1C)c(=O)[nH]c1ncccc12. The molecule has 3 rings (SSSR count). The lowest BCUT2D eigenvalue weighted by Gasteiger charge is -2.11. The first kappa shape index (κ1) is 13.2. The number of hydrogen-bond acceptors (Lipinski definition) is 5. The van der Waals surface area contributed by atoms with Crippen LogP contribution in [0.1, 0.15) is 21.6 Å². The molecule has 1 N–H and O–H groups in total. The van der Waals surface area contributed by atoms with Gasteiger partial charge in [0.25, 0.3) is 5.56 Å². The smallest absolute Gasteiger partial charge is 0.340 e. The number of aryl methyl sites for hydroxylation is 2. The van der Waals surface area contributed by atoms with Crippen LogP contribution in [0.5, 0.6) is 0 Å². The summed E-state index contributed by atoms with van der Waals surface area (Å²) >= 11 is 0. The van der Waals surface area contributed by atoms with E-state index in [-0.39, 0.29) is 5.56 Å². The molecule has 0 atom stereocenters. The van der Waals surface area contributed by atoms with Gasteiger partial charge >= 0.3 is 5.97 Å². The molecule has 0 aliphatic carbocycles. The number of fused-ring (bicyclic) bond motifs is 3. The maximum absolute atomic E-state index is 12.3. The standard InChI is InChI=1S/C15H13N3O3/c1-7-10(15(20)21-3)8(2)17-12-9-5-4-6-16-13(9)18-14(19)11(7)12/h4-6H,1-3H3,(H,16,18,19). The van der Waals surface area contributed by atoms with E-state index < -0.39 is 5.97 Å². The zero-order valence-electron chi connectivity index (χ0n) is 11.9. The van der Waals surface area contributed by atoms with Crippen LogP contribution in [-0.4, -0.2) is 28.0 Å². The highest BCUT2D eigenvalue weighted by Gasteiger charge is 2.20. The number of ether oxygens (including phenoxy) is 1. The minimum Gasteiger partial charge on any atom is -0.465 e. The second kappa shape index (κ2) is 4.66. The summed E-state index contributed by atoms with van der Waals surface area (Å²) in [6.45, 7) is 3.45. The molecular weight excluding hydrogens is 270 g/mol. The minimum atomic E-state index is -0.495. The summed E-state index contributed by atoms with van der Waals surface area (Å²) in [6, 6.07) is 3.62. The molecule has 0 saturated heterocycles. The predicted octanol–water partition coefficient (Wildman–Crippen LogP) is 1.87. The Morgan fingerprint density at radius 2 is 2.10 bits per heavy atom. The predicted molar refractivity (Wildman–Crippen MR) is 78.5 cm³/mol. The molecule has 0 unspecified atom stereocenters. The third-order valence-electron chi connectivity index (χ3n) is 3.54. The largest absolute Gasteiger partial charge is 0.465 e. The van der Waals surface area contributed by atoms with Crippen LogP contribution in [0, 0.1) is 13.8 Å². The first-order valence-electron chi connectivity index (χ1n) is 6.40. The van der Waals surface area contributed by atoms with Gasteiger partial charge in [-0.1, -0.05) is 0 Å². The second-order valence-electron chi connectivity index (χ2n) is 4.77. The van der Waals surface area contributed by atoms with Gasteiger partial charge in [-0.2, -0.15) is 0 Å². The van der Waals surface area contributed by atoms with Gasteiger partial charge in [-0.25, -0.2) is 9.78 Å². The average Bonchev–Trinajstić information content (AvgIpc) is 2.46. The van der Waals surface area contributed by atoms with Crippen LogP contribution < -0.4 is 5.56 Å². The van der Waals surface area contributed by atoms with Crippen molar-refractivity contribution in [3.05, 3.63) is 45.5 Å². The number of H-pyrrole nitrogens is 1. The lowest BCUT2D eigenvalue weighted by atomic mass is 10.0. The molecule has 0 aliphatic rings. The van der Waals surface area contributed by atoms with Crippen LogP contribution in [-0.2, 0) is 4.74 Å². The molecule has 6 nitrogen and oxygen atoms in total. The quantitative estimate of drug-likeness (QED) is 0.544. The fraction of sp³-hybridized carbons (Fsp3) is 0.200. The first-order valence-corrected chi connectivity index (χ1v) is 6.40. The van der Waals surface area contributed by atoms with Gasteiger partial charge in [0.15, 0.2) is 0 Å². The maximum atomic E-state index is 12.3. The number of aromatic amines is 1. The van der Waals surface area contributed by atoms with Crippen LogP contribution >= 0.6 is 0 Å². The summed E-state index contributed by atoms with van der Waals surface area (Å²) in [5, 5.41) is 1.14. The minimum absolute atomic E-state index is 0.314. The number of carbonyl (C=O) groups is 1. The fourth-order valence-corrected chi connectivity index (χ4v) is 2.60. The Morgan fingerprint density at radius 3 is 2.81 bits per heavy atom. The Bertz CT molecular complexity index is 944. The van der Waals surface area contributed by atoms with Gasteiger partial charge in [0, 0.05) is 11.6 Å². The lowest BCUT2D eigenvalue weighted by molar-refractivity contribution is 0.0599. The van der Waals surface area contributed by atoms with E-state index in [0.29, 0.717) is 33.4 Å². The second-order valence-corrected chi connectivity index (χ2v) is 4.77. The van der Waals surface area contributed by atoms with Crippen molar-refractivity contribution >= 4 is 27.9 Å². The molecule has 3 aromatic rings. The van der Waals surface area contributed by atoms with Crippen LogP contribution in [0.4, 0.5) is 0 Å². The highest BCUT2D eigenvalue weighted by molar-refractivity contribution is 6.06. The third kappa shape index (κ3) is 1.87. The van der Waals surface area contributed by atoms with Crippen LogP contribution in [0.15, 0.2) is 23.1 Å². The van der Waals surface area contributed by atoms with Gasteiger partial charge in [-0.3, -0.25) is 9.78 Å². The molecule has 0 saturated carbocycles. The molecule has 3 aromatic heterocycles. The number of rotatable bonds is 1. The Balaban J connectivity index is 2.56. The Hall–Kier alpha value is -2.76. The topological polar surface area (TPSA) is 84.9 Å². The van der Waals surface area contributed by atoms with E-state index >= 15 is 0 Å². The number of esters is 1. The van der Waals surface area contributed by atoms with Crippen LogP contribution in [0.25, 0.3) is 21.9 Å². The normalized spacial score (nSPS) is 11.0. The molecule has 6 heteroatoms. The van der Waals surface area contributed by atoms with E-state index in [9.17, 15) is 9.59 Å². The fourth-order valence-electron chi connectivity index (χ4n) is 2.60. The molecule has 0 aliphatic heterocycles. The van der Waals surface area contributed by atoms with Gasteiger partial charge in [0.2, 0.25) is 0 Å². The molecule has 0 fully saturated rings. The number of aromatic nitrogens is 3. The van der Waals surface area contributed by atoms with Crippen molar-refractivity contribution in [2.75, 3.05) is 7.11 Å². The number of nitrogens with one attached hydrogen (secondary N) is 1. The van der Waals surface area contributed by atoms with Crippen molar-refractivity contribution in [3.63, 3.8) is 0 Å². The monoisotopic (exact) mass is 283 g/mol. The van der Waals surface area contributed by atoms with Gasteiger partial charge in [-0.15, -0.1) is 0 Å². The number of methoxy groups -OCH3 is 1. The Kier molecular flexibility index (Phi) is 2.94. The number of hydrogen-bond donors (Lipinski definition) is 1. The Morgan fingerprint density at radius 1 is 1.33 bits per heavy atom. The van der Waals surface area contributed by atoms with Crippen LogP contribution in [0.3, 0.4) is 0 Å². The summed E-state index contributed by atoms with van der Waals surface area (Å²) in [7, 11) is 1.31. The lowest BCUT2D eigenvalue weighted by Crippen LogP contribution is -2.15. The van der Waals surface area contributed by atoms with Gasteiger partial charge < -0.3 is 9.72 Å². The van der Waals surface area contributed by atoms with Crippen LogP contribution in [0.2, 0.25) is 0 Å². The summed E-state index contributed by atoms with van der Waals surface area (Å²) < 4.78 is 4.77. The van der Waals surface area contributed by atoms with E-state index in [4.69, 9.17) is 4.74 Å². The molecular formula is C15H13N3O3. The zero-order valence-corrected chi connectivity index (χ0v) is 11.9. The van der Waals surface area contributed by atoms with E-state index in [1.807, 2.05) is 6.07 Å². The molecule has 106 valence electrons. The van der Waals surface area contributed by atoms with Crippen molar-refractivity contribution in [2.45, 2.75) is 13.8 Å². The highest BCUT2D eigenvalue weighted by Crippen LogP contribution is 2.24. The summed E-state index contributed by atoms with van der Waals surface area (Å²) in [5.74, 6) is -0.495. The van der Waals surface area contributed by atoms with E-state index in [0.717, 1.165) is 5.39 Å². The number of nitrogens with zero attached hydrogens (tertiary/aromatic N) is 2. The number of pyridine rings is 3. The molecule has 0 radical (unpaired) electrons. The molecule has 0 bridgehead atoms. The summed E-state index contributed by atoms with van der Waals surface area (Å²) in [6.07, 6.45) is 1.60. The Labute approximate surface area is 119 Å². The van der Waals surface area contributed by atoms with Gasteiger partial charge in [0.05, 0.1) is 29.3 Å².